The molecule has 0 spiro atoms. The van der Waals surface area contributed by atoms with Crippen molar-refractivity contribution < 1.29 is 4.42 Å². The second-order valence-electron chi connectivity index (χ2n) is 3.96. The molecule has 0 atom stereocenters. The van der Waals surface area contributed by atoms with Gasteiger partial charge in [-0.25, -0.2) is 4.68 Å². The predicted molar refractivity (Wildman–Crippen MR) is 50.1 cm³/mol. The summed E-state index contributed by atoms with van der Waals surface area (Å²) < 4.78 is 7.29. The van der Waals surface area contributed by atoms with Gasteiger partial charge in [0.25, 0.3) is 0 Å². The van der Waals surface area contributed by atoms with Crippen LogP contribution in [0.2, 0.25) is 0 Å². The zero-order valence-corrected chi connectivity index (χ0v) is 8.64. The Hall–Kier alpha value is -1.72. The van der Waals surface area contributed by atoms with Crippen molar-refractivity contribution in [3.8, 4) is 0 Å². The number of aromatic nitrogens is 5. The van der Waals surface area contributed by atoms with E-state index in [0.717, 1.165) is 18.5 Å². The van der Waals surface area contributed by atoms with Gasteiger partial charge in [-0.15, -0.1) is 15.3 Å². The predicted octanol–water partition coefficient (Wildman–Crippen LogP) is 0.815. The van der Waals surface area contributed by atoms with Gasteiger partial charge < -0.3 is 4.42 Å². The van der Waals surface area contributed by atoms with E-state index < -0.39 is 0 Å². The second kappa shape index (κ2) is 2.65. The highest BCUT2D eigenvalue weighted by atomic mass is 16.4. The van der Waals surface area contributed by atoms with Gasteiger partial charge in [0.05, 0.1) is 5.69 Å². The van der Waals surface area contributed by atoms with Crippen LogP contribution in [-0.4, -0.2) is 25.2 Å². The average Bonchev–Trinajstić information content (AvgIpc) is 2.71. The van der Waals surface area contributed by atoms with Gasteiger partial charge in [-0.2, -0.15) is 0 Å². The van der Waals surface area contributed by atoms with Crippen LogP contribution < -0.4 is 0 Å². The molecule has 0 N–H and O–H groups in total. The Morgan fingerprint density at radius 2 is 2.07 bits per heavy atom. The second-order valence-corrected chi connectivity index (χ2v) is 3.96. The van der Waals surface area contributed by atoms with Crippen LogP contribution in [0.1, 0.15) is 30.3 Å². The Kier molecular flexibility index (Phi) is 1.52. The molecule has 0 aliphatic heterocycles. The van der Waals surface area contributed by atoms with Crippen molar-refractivity contribution in [1.82, 2.24) is 25.2 Å². The zero-order valence-electron chi connectivity index (χ0n) is 8.64. The SMILES string of the molecule is Cc1cn(C2(c3nnc(C)o3)CC2)nn1. The molecule has 2 aromatic heterocycles. The minimum Gasteiger partial charge on any atom is -0.423 e. The Morgan fingerprint density at radius 3 is 2.53 bits per heavy atom. The van der Waals surface area contributed by atoms with Crippen molar-refractivity contribution in [2.24, 2.45) is 0 Å². The third kappa shape index (κ3) is 1.17. The lowest BCUT2D eigenvalue weighted by atomic mass is 10.3. The normalized spacial score (nSPS) is 18.0. The minimum atomic E-state index is -0.220. The molecular weight excluding hydrogens is 194 g/mol. The lowest BCUT2D eigenvalue weighted by Gasteiger charge is -2.08. The highest BCUT2D eigenvalue weighted by Gasteiger charge is 2.52. The van der Waals surface area contributed by atoms with Gasteiger partial charge in [-0.05, 0) is 19.8 Å². The fourth-order valence-electron chi connectivity index (χ4n) is 1.70. The van der Waals surface area contributed by atoms with Gasteiger partial charge in [0.1, 0.15) is 5.54 Å². The molecule has 2 heterocycles. The molecule has 1 aliphatic carbocycles. The van der Waals surface area contributed by atoms with Gasteiger partial charge in [0.15, 0.2) is 0 Å². The molecular formula is C9H11N5O. The van der Waals surface area contributed by atoms with Crippen molar-refractivity contribution in [2.45, 2.75) is 32.2 Å². The van der Waals surface area contributed by atoms with Gasteiger partial charge in [0.2, 0.25) is 11.8 Å². The Labute approximate surface area is 86.3 Å². The van der Waals surface area contributed by atoms with Crippen LogP contribution in [0.3, 0.4) is 0 Å². The molecule has 0 saturated heterocycles. The first-order valence-electron chi connectivity index (χ1n) is 4.91. The quantitative estimate of drug-likeness (QED) is 0.725. The molecule has 1 saturated carbocycles. The van der Waals surface area contributed by atoms with Crippen LogP contribution >= 0.6 is 0 Å². The Balaban J connectivity index is 2.04. The molecule has 1 fully saturated rings. The molecule has 6 nitrogen and oxygen atoms in total. The summed E-state index contributed by atoms with van der Waals surface area (Å²) in [6.07, 6.45) is 3.88. The van der Waals surface area contributed by atoms with E-state index in [0.29, 0.717) is 11.8 Å². The van der Waals surface area contributed by atoms with Crippen LogP contribution in [0, 0.1) is 13.8 Å². The standard InChI is InChI=1S/C9H11N5O/c1-6-5-14(13-10-6)9(3-4-9)8-12-11-7(2)15-8/h5H,3-4H2,1-2H3. The van der Waals surface area contributed by atoms with Crippen molar-refractivity contribution in [3.05, 3.63) is 23.7 Å². The number of rotatable bonds is 2. The van der Waals surface area contributed by atoms with Crippen LogP contribution in [-0.2, 0) is 5.54 Å². The highest BCUT2D eigenvalue weighted by molar-refractivity contribution is 5.15. The average molecular weight is 205 g/mol. The fourth-order valence-corrected chi connectivity index (χ4v) is 1.70. The molecule has 3 rings (SSSR count). The molecule has 0 unspecified atom stereocenters. The topological polar surface area (TPSA) is 69.6 Å². The smallest absolute Gasteiger partial charge is 0.244 e. The van der Waals surface area contributed by atoms with E-state index in [1.54, 1.807) is 6.92 Å². The van der Waals surface area contributed by atoms with Crippen molar-refractivity contribution in [3.63, 3.8) is 0 Å². The maximum atomic E-state index is 5.46. The summed E-state index contributed by atoms with van der Waals surface area (Å²) in [6, 6.07) is 0. The minimum absolute atomic E-state index is 0.220. The first-order valence-corrected chi connectivity index (χ1v) is 4.91. The van der Waals surface area contributed by atoms with Gasteiger partial charge in [0, 0.05) is 13.1 Å². The van der Waals surface area contributed by atoms with E-state index >= 15 is 0 Å². The maximum Gasteiger partial charge on any atom is 0.244 e. The van der Waals surface area contributed by atoms with Crippen LogP contribution in [0.5, 0.6) is 0 Å². The summed E-state index contributed by atoms with van der Waals surface area (Å²) in [6.45, 7) is 3.71. The third-order valence-electron chi connectivity index (χ3n) is 2.69. The molecule has 78 valence electrons. The molecule has 0 radical (unpaired) electrons. The molecule has 0 bridgehead atoms. The molecule has 6 heteroatoms. The Bertz CT molecular complexity index is 454. The van der Waals surface area contributed by atoms with Crippen molar-refractivity contribution >= 4 is 0 Å². The van der Waals surface area contributed by atoms with E-state index in [4.69, 9.17) is 4.42 Å². The monoisotopic (exact) mass is 205 g/mol. The van der Waals surface area contributed by atoms with Gasteiger partial charge in [-0.3, -0.25) is 0 Å². The third-order valence-corrected chi connectivity index (χ3v) is 2.69. The summed E-state index contributed by atoms with van der Waals surface area (Å²) in [5.41, 5.74) is 0.681. The number of nitrogens with zero attached hydrogens (tertiary/aromatic N) is 5. The summed E-state index contributed by atoms with van der Waals surface area (Å²) in [4.78, 5) is 0. The maximum absolute atomic E-state index is 5.46. The zero-order chi connectivity index (χ0) is 10.5. The van der Waals surface area contributed by atoms with Crippen molar-refractivity contribution in [1.29, 1.82) is 0 Å². The van der Waals surface area contributed by atoms with E-state index in [1.165, 1.54) is 0 Å². The van der Waals surface area contributed by atoms with E-state index in [1.807, 2.05) is 17.8 Å². The van der Waals surface area contributed by atoms with E-state index in [-0.39, 0.29) is 5.54 Å². The number of hydrogen-bond acceptors (Lipinski definition) is 5. The van der Waals surface area contributed by atoms with Gasteiger partial charge >= 0.3 is 0 Å². The lowest BCUT2D eigenvalue weighted by Crippen LogP contribution is -2.19. The Morgan fingerprint density at radius 1 is 1.27 bits per heavy atom. The lowest BCUT2D eigenvalue weighted by molar-refractivity contribution is 0.359. The van der Waals surface area contributed by atoms with Crippen LogP contribution in [0.4, 0.5) is 0 Å². The number of hydrogen-bond donors (Lipinski definition) is 0. The van der Waals surface area contributed by atoms with Gasteiger partial charge in [-0.1, -0.05) is 5.21 Å². The van der Waals surface area contributed by atoms with Crippen molar-refractivity contribution in [2.75, 3.05) is 0 Å². The fraction of sp³-hybridized carbons (Fsp3) is 0.556. The number of aryl methyl sites for hydroxylation is 2. The van der Waals surface area contributed by atoms with Crippen LogP contribution in [0.25, 0.3) is 0 Å². The largest absolute Gasteiger partial charge is 0.423 e. The molecule has 15 heavy (non-hydrogen) atoms. The van der Waals surface area contributed by atoms with Crippen LogP contribution in [0.15, 0.2) is 10.6 Å². The first-order chi connectivity index (χ1) is 7.21. The molecule has 2 aromatic rings. The molecule has 0 aromatic carbocycles. The van der Waals surface area contributed by atoms with E-state index in [9.17, 15) is 0 Å². The highest BCUT2D eigenvalue weighted by Crippen LogP contribution is 2.47. The molecule has 0 amide bonds. The van der Waals surface area contributed by atoms with E-state index in [2.05, 4.69) is 20.5 Å². The molecule has 1 aliphatic rings. The summed E-state index contributed by atoms with van der Waals surface area (Å²) in [7, 11) is 0. The summed E-state index contributed by atoms with van der Waals surface area (Å²) >= 11 is 0. The summed E-state index contributed by atoms with van der Waals surface area (Å²) in [5, 5.41) is 16.0. The summed E-state index contributed by atoms with van der Waals surface area (Å²) in [5.74, 6) is 1.23. The first kappa shape index (κ1) is 8.58.